The molecule has 1 atom stereocenters. The fourth-order valence-corrected chi connectivity index (χ4v) is 3.07. The number of hydrogen-bond acceptors (Lipinski definition) is 4. The molecule has 6 nitrogen and oxygen atoms in total. The Hall–Kier alpha value is -2.08. The van der Waals surface area contributed by atoms with E-state index in [0.29, 0.717) is 19.4 Å². The maximum absolute atomic E-state index is 12.1. The Morgan fingerprint density at radius 2 is 2.09 bits per heavy atom. The first-order chi connectivity index (χ1) is 10.5. The van der Waals surface area contributed by atoms with Crippen molar-refractivity contribution in [3.05, 3.63) is 23.8 Å². The number of anilines is 2. The van der Waals surface area contributed by atoms with Gasteiger partial charge < -0.3 is 14.7 Å². The van der Waals surface area contributed by atoms with Gasteiger partial charge in [-0.2, -0.15) is 0 Å². The lowest BCUT2D eigenvalue weighted by molar-refractivity contribution is -0.119. The topological polar surface area (TPSA) is 70.1 Å². The van der Waals surface area contributed by atoms with Gasteiger partial charge >= 0.3 is 6.09 Å². The van der Waals surface area contributed by atoms with E-state index in [0.717, 1.165) is 16.9 Å². The molecule has 1 aromatic rings. The molecule has 0 aromatic heterocycles. The number of aliphatic hydroxyl groups is 1. The first-order valence-electron chi connectivity index (χ1n) is 7.55. The van der Waals surface area contributed by atoms with E-state index in [9.17, 15) is 9.59 Å². The second kappa shape index (κ2) is 5.61. The summed E-state index contributed by atoms with van der Waals surface area (Å²) in [6.45, 7) is 4.15. The molecule has 3 rings (SSSR count). The highest BCUT2D eigenvalue weighted by Gasteiger charge is 2.33. The molecule has 2 heterocycles. The van der Waals surface area contributed by atoms with E-state index in [1.165, 1.54) is 4.90 Å². The molecule has 1 saturated heterocycles. The molecule has 0 saturated carbocycles. The lowest BCUT2D eigenvalue weighted by atomic mass is 9.99. The Morgan fingerprint density at radius 3 is 2.73 bits per heavy atom. The summed E-state index contributed by atoms with van der Waals surface area (Å²) in [4.78, 5) is 27.3. The predicted octanol–water partition coefficient (Wildman–Crippen LogP) is 1.69. The zero-order chi connectivity index (χ0) is 15.9. The normalized spacial score (nSPS) is 21.4. The third-order valence-electron chi connectivity index (χ3n) is 4.11. The van der Waals surface area contributed by atoms with Crippen molar-refractivity contribution in [2.45, 2.75) is 38.8 Å². The van der Waals surface area contributed by atoms with Crippen molar-refractivity contribution < 1.29 is 19.4 Å². The van der Waals surface area contributed by atoms with Gasteiger partial charge in [-0.1, -0.05) is 0 Å². The number of amides is 2. The number of fused-ring (bicyclic) bond motifs is 1. The van der Waals surface area contributed by atoms with Gasteiger partial charge in [-0.05, 0) is 44.0 Å². The van der Waals surface area contributed by atoms with Crippen molar-refractivity contribution in [3.63, 3.8) is 0 Å². The highest BCUT2D eigenvalue weighted by Crippen LogP contribution is 2.33. The number of rotatable bonds is 3. The molecule has 2 aliphatic heterocycles. The van der Waals surface area contributed by atoms with Crippen molar-refractivity contribution in [3.8, 4) is 0 Å². The second-order valence-electron chi connectivity index (χ2n) is 5.97. The van der Waals surface area contributed by atoms with Crippen molar-refractivity contribution in [1.82, 2.24) is 0 Å². The minimum atomic E-state index is -0.475. The molecule has 2 amide bonds. The highest BCUT2D eigenvalue weighted by molar-refractivity contribution is 5.98. The van der Waals surface area contributed by atoms with Crippen LogP contribution < -0.4 is 9.80 Å². The summed E-state index contributed by atoms with van der Waals surface area (Å²) in [6, 6.07) is 5.76. The molecule has 6 heteroatoms. The first-order valence-corrected chi connectivity index (χ1v) is 7.55. The molecule has 1 N–H and O–H groups in total. The highest BCUT2D eigenvalue weighted by atomic mass is 16.6. The Labute approximate surface area is 129 Å². The maximum Gasteiger partial charge on any atom is 0.414 e. The van der Waals surface area contributed by atoms with Crippen molar-refractivity contribution in [2.24, 2.45) is 0 Å². The number of benzene rings is 1. The van der Waals surface area contributed by atoms with Gasteiger partial charge in [0.2, 0.25) is 5.91 Å². The van der Waals surface area contributed by atoms with Crippen LogP contribution >= 0.6 is 0 Å². The molecule has 0 aliphatic carbocycles. The standard InChI is InChI=1S/C16H20N2O4/c1-10(2)18-14-5-4-12(7-11(14)3-6-15(18)20)17-8-13(9-19)22-16(17)21/h4-5,7,10,13,19H,3,6,8-9H2,1-2H3. The van der Waals surface area contributed by atoms with Crippen LogP contribution in [0.25, 0.3) is 0 Å². The summed E-state index contributed by atoms with van der Waals surface area (Å²) >= 11 is 0. The van der Waals surface area contributed by atoms with Crippen LogP contribution in [-0.4, -0.2) is 42.4 Å². The predicted molar refractivity (Wildman–Crippen MR) is 82.1 cm³/mol. The van der Waals surface area contributed by atoms with E-state index in [1.54, 1.807) is 4.90 Å². The van der Waals surface area contributed by atoms with E-state index in [4.69, 9.17) is 9.84 Å². The average molecular weight is 304 g/mol. The third-order valence-corrected chi connectivity index (χ3v) is 4.11. The monoisotopic (exact) mass is 304 g/mol. The largest absolute Gasteiger partial charge is 0.441 e. The van der Waals surface area contributed by atoms with Gasteiger partial charge in [-0.25, -0.2) is 4.79 Å². The molecule has 0 spiro atoms. The summed E-state index contributed by atoms with van der Waals surface area (Å²) in [6.07, 6.45) is 0.250. The fraction of sp³-hybridized carbons (Fsp3) is 0.500. The fourth-order valence-electron chi connectivity index (χ4n) is 3.07. The SMILES string of the molecule is CC(C)N1C(=O)CCc2cc(N3CC(CO)OC3=O)ccc21. The summed E-state index contributed by atoms with van der Waals surface area (Å²) in [7, 11) is 0. The minimum Gasteiger partial charge on any atom is -0.441 e. The third kappa shape index (κ3) is 2.43. The molecule has 1 aromatic carbocycles. The van der Waals surface area contributed by atoms with Gasteiger partial charge in [0.1, 0.15) is 6.10 Å². The zero-order valence-corrected chi connectivity index (χ0v) is 12.8. The van der Waals surface area contributed by atoms with Gasteiger partial charge in [0, 0.05) is 23.8 Å². The van der Waals surface area contributed by atoms with Crippen LogP contribution in [0.5, 0.6) is 0 Å². The Morgan fingerprint density at radius 1 is 1.32 bits per heavy atom. The molecular formula is C16H20N2O4. The zero-order valence-electron chi connectivity index (χ0n) is 12.8. The van der Waals surface area contributed by atoms with E-state index in [1.807, 2.05) is 32.0 Å². The average Bonchev–Trinajstić information content (AvgIpc) is 2.87. The van der Waals surface area contributed by atoms with Crippen molar-refractivity contribution in [1.29, 1.82) is 0 Å². The number of nitrogens with zero attached hydrogens (tertiary/aromatic N) is 2. The van der Waals surface area contributed by atoms with Gasteiger partial charge in [0.15, 0.2) is 0 Å². The van der Waals surface area contributed by atoms with E-state index < -0.39 is 12.2 Å². The van der Waals surface area contributed by atoms with Crippen molar-refractivity contribution >= 4 is 23.4 Å². The number of ether oxygens (including phenoxy) is 1. The van der Waals surface area contributed by atoms with Crippen LogP contribution in [0.15, 0.2) is 18.2 Å². The lowest BCUT2D eigenvalue weighted by Crippen LogP contribution is -2.40. The molecule has 22 heavy (non-hydrogen) atoms. The Bertz CT molecular complexity index is 614. The quantitative estimate of drug-likeness (QED) is 0.922. The molecule has 1 unspecified atom stereocenters. The summed E-state index contributed by atoms with van der Waals surface area (Å²) in [5.41, 5.74) is 2.73. The van der Waals surface area contributed by atoms with Gasteiger partial charge in [-0.3, -0.25) is 9.69 Å². The van der Waals surface area contributed by atoms with Gasteiger partial charge in [0.05, 0.1) is 13.2 Å². The Kier molecular flexibility index (Phi) is 3.78. The molecular weight excluding hydrogens is 284 g/mol. The number of cyclic esters (lactones) is 1. The first kappa shape index (κ1) is 14.8. The molecule has 2 aliphatic rings. The summed E-state index contributed by atoms with van der Waals surface area (Å²) < 4.78 is 5.07. The van der Waals surface area contributed by atoms with E-state index in [2.05, 4.69) is 0 Å². The second-order valence-corrected chi connectivity index (χ2v) is 5.97. The van der Waals surface area contributed by atoms with E-state index in [-0.39, 0.29) is 18.6 Å². The maximum atomic E-state index is 12.1. The van der Waals surface area contributed by atoms with E-state index >= 15 is 0 Å². The summed E-state index contributed by atoms with van der Waals surface area (Å²) in [5.74, 6) is 0.135. The van der Waals surface area contributed by atoms with Crippen LogP contribution in [0.1, 0.15) is 25.8 Å². The van der Waals surface area contributed by atoms with Crippen LogP contribution in [0, 0.1) is 0 Å². The number of carbonyl (C=O) groups is 2. The molecule has 118 valence electrons. The lowest BCUT2D eigenvalue weighted by Gasteiger charge is -2.33. The summed E-state index contributed by atoms with van der Waals surface area (Å²) in [5, 5.41) is 9.12. The van der Waals surface area contributed by atoms with Crippen LogP contribution in [0.3, 0.4) is 0 Å². The van der Waals surface area contributed by atoms with Gasteiger partial charge in [-0.15, -0.1) is 0 Å². The molecule has 0 radical (unpaired) electrons. The minimum absolute atomic E-state index is 0.105. The number of carbonyl (C=O) groups excluding carboxylic acids is 2. The van der Waals surface area contributed by atoms with Crippen LogP contribution in [0.4, 0.5) is 16.2 Å². The van der Waals surface area contributed by atoms with Crippen molar-refractivity contribution in [2.75, 3.05) is 23.0 Å². The number of aryl methyl sites for hydroxylation is 1. The van der Waals surface area contributed by atoms with Gasteiger partial charge in [0.25, 0.3) is 0 Å². The molecule has 1 fully saturated rings. The Balaban J connectivity index is 1.92. The molecule has 0 bridgehead atoms. The van der Waals surface area contributed by atoms with Crippen LogP contribution in [0.2, 0.25) is 0 Å². The number of hydrogen-bond donors (Lipinski definition) is 1. The van der Waals surface area contributed by atoms with Crippen LogP contribution in [-0.2, 0) is 16.0 Å². The number of aliphatic hydroxyl groups excluding tert-OH is 1. The smallest absolute Gasteiger partial charge is 0.414 e.